The monoisotopic (exact) mass is 353 g/mol. The number of benzene rings is 2. The predicted molar refractivity (Wildman–Crippen MR) is 101 cm³/mol. The molecule has 4 heteroatoms. The van der Waals surface area contributed by atoms with Crippen molar-refractivity contribution in [2.45, 2.75) is 32.7 Å². The topological polar surface area (TPSA) is 29.6 Å². The minimum Gasteiger partial charge on any atom is -0.388 e. The Balaban J connectivity index is 1.73. The molecule has 2 N–H and O–H groups in total. The first-order chi connectivity index (χ1) is 12.6. The predicted octanol–water partition coefficient (Wildman–Crippen LogP) is 2.64. The molecule has 0 spiro atoms. The summed E-state index contributed by atoms with van der Waals surface area (Å²) in [5.74, 6) is -0.207. The molecule has 0 saturated carbocycles. The van der Waals surface area contributed by atoms with Crippen molar-refractivity contribution in [3.63, 3.8) is 0 Å². The summed E-state index contributed by atoms with van der Waals surface area (Å²) in [6.07, 6.45) is 1.67. The summed E-state index contributed by atoms with van der Waals surface area (Å²) < 4.78 is 15.6. The molecule has 0 aliphatic rings. The van der Waals surface area contributed by atoms with Crippen molar-refractivity contribution in [2.24, 2.45) is 0 Å². The van der Waals surface area contributed by atoms with Crippen molar-refractivity contribution in [1.29, 1.82) is 0 Å². The standard InChI is InChI=1S/C22H25FN2O/c1-18(26)14-24(15-19-7-3-2-4-8-19)17-22-11-6-12-25(22)16-20-9-5-10-21(23)13-20/h2-13,18,26H,14-17H2,1H3/p+1/t18-/m1/s1. The van der Waals surface area contributed by atoms with E-state index in [0.717, 1.165) is 18.7 Å². The van der Waals surface area contributed by atoms with Crippen LogP contribution in [0.3, 0.4) is 0 Å². The van der Waals surface area contributed by atoms with Gasteiger partial charge in [0, 0.05) is 18.3 Å². The Morgan fingerprint density at radius 3 is 2.46 bits per heavy atom. The van der Waals surface area contributed by atoms with E-state index in [1.54, 1.807) is 12.1 Å². The maximum Gasteiger partial charge on any atom is 0.123 e. The summed E-state index contributed by atoms with van der Waals surface area (Å²) in [6.45, 7) is 4.82. The summed E-state index contributed by atoms with van der Waals surface area (Å²) in [4.78, 5) is 1.30. The lowest BCUT2D eigenvalue weighted by Crippen LogP contribution is -3.10. The van der Waals surface area contributed by atoms with Gasteiger partial charge in [0.1, 0.15) is 31.6 Å². The first kappa shape index (κ1) is 18.4. The van der Waals surface area contributed by atoms with Crippen LogP contribution < -0.4 is 4.90 Å². The summed E-state index contributed by atoms with van der Waals surface area (Å²) >= 11 is 0. The summed E-state index contributed by atoms with van der Waals surface area (Å²) in [7, 11) is 0. The van der Waals surface area contributed by atoms with E-state index in [1.165, 1.54) is 22.2 Å². The molecule has 1 unspecified atom stereocenters. The maximum atomic E-state index is 13.5. The van der Waals surface area contributed by atoms with E-state index in [1.807, 2.05) is 43.5 Å². The molecule has 0 aliphatic carbocycles. The van der Waals surface area contributed by atoms with Crippen LogP contribution in [0.1, 0.15) is 23.7 Å². The van der Waals surface area contributed by atoms with Gasteiger partial charge in [-0.3, -0.25) is 0 Å². The average molecular weight is 353 g/mol. The molecule has 3 nitrogen and oxygen atoms in total. The first-order valence-corrected chi connectivity index (χ1v) is 9.04. The van der Waals surface area contributed by atoms with Gasteiger partial charge in [0.25, 0.3) is 0 Å². The third-order valence-electron chi connectivity index (χ3n) is 4.48. The first-order valence-electron chi connectivity index (χ1n) is 9.04. The zero-order valence-corrected chi connectivity index (χ0v) is 15.1. The average Bonchev–Trinajstić information content (AvgIpc) is 3.02. The second-order valence-electron chi connectivity index (χ2n) is 6.90. The van der Waals surface area contributed by atoms with E-state index in [-0.39, 0.29) is 11.9 Å². The van der Waals surface area contributed by atoms with E-state index in [4.69, 9.17) is 0 Å². The number of halogens is 1. The molecule has 0 bridgehead atoms. The Labute approximate surface area is 154 Å². The van der Waals surface area contributed by atoms with Crippen molar-refractivity contribution < 1.29 is 14.4 Å². The number of aromatic nitrogens is 1. The van der Waals surface area contributed by atoms with Crippen LogP contribution in [-0.4, -0.2) is 22.3 Å². The van der Waals surface area contributed by atoms with Crippen molar-refractivity contribution in [3.05, 3.63) is 95.6 Å². The van der Waals surface area contributed by atoms with Gasteiger partial charge in [0.2, 0.25) is 0 Å². The Morgan fingerprint density at radius 1 is 0.962 bits per heavy atom. The number of aliphatic hydroxyl groups excluding tert-OH is 1. The van der Waals surface area contributed by atoms with Crippen LogP contribution in [0.2, 0.25) is 0 Å². The van der Waals surface area contributed by atoms with E-state index in [0.29, 0.717) is 13.1 Å². The zero-order valence-electron chi connectivity index (χ0n) is 15.1. The third-order valence-corrected chi connectivity index (χ3v) is 4.48. The molecule has 136 valence electrons. The number of hydrogen-bond donors (Lipinski definition) is 2. The molecule has 0 radical (unpaired) electrons. The van der Waals surface area contributed by atoms with Gasteiger partial charge < -0.3 is 14.6 Å². The van der Waals surface area contributed by atoms with Gasteiger partial charge >= 0.3 is 0 Å². The SMILES string of the molecule is C[C@@H](O)C[NH+](Cc1ccccc1)Cc1cccn1Cc1cccc(F)c1. The van der Waals surface area contributed by atoms with Gasteiger partial charge in [-0.05, 0) is 36.8 Å². The largest absolute Gasteiger partial charge is 0.388 e. The second-order valence-corrected chi connectivity index (χ2v) is 6.90. The van der Waals surface area contributed by atoms with Gasteiger partial charge in [0.05, 0.1) is 5.69 Å². The molecule has 3 rings (SSSR count). The molecule has 2 atom stereocenters. The summed E-state index contributed by atoms with van der Waals surface area (Å²) in [6, 6.07) is 21.2. The highest BCUT2D eigenvalue weighted by atomic mass is 19.1. The van der Waals surface area contributed by atoms with Crippen LogP contribution in [0.25, 0.3) is 0 Å². The molecule has 1 aromatic heterocycles. The van der Waals surface area contributed by atoms with E-state index in [2.05, 4.69) is 22.8 Å². The lowest BCUT2D eigenvalue weighted by atomic mass is 10.2. The molecule has 26 heavy (non-hydrogen) atoms. The molecule has 0 amide bonds. The number of nitrogens with zero attached hydrogens (tertiary/aromatic N) is 1. The van der Waals surface area contributed by atoms with Gasteiger partial charge in [-0.2, -0.15) is 0 Å². The normalized spacial score (nSPS) is 13.5. The maximum absolute atomic E-state index is 13.5. The number of aliphatic hydroxyl groups is 1. The molecule has 3 aromatic rings. The number of quaternary nitrogens is 1. The second kappa shape index (κ2) is 8.79. The third kappa shape index (κ3) is 5.28. The Bertz CT molecular complexity index is 814. The van der Waals surface area contributed by atoms with Crippen LogP contribution in [0, 0.1) is 5.82 Å². The highest BCUT2D eigenvalue weighted by molar-refractivity contribution is 5.18. The Morgan fingerprint density at radius 2 is 1.73 bits per heavy atom. The Kier molecular flexibility index (Phi) is 6.21. The van der Waals surface area contributed by atoms with Gasteiger partial charge in [-0.1, -0.05) is 42.5 Å². The van der Waals surface area contributed by atoms with Crippen LogP contribution in [-0.2, 0) is 19.6 Å². The molecule has 1 heterocycles. The molecular formula is C22H26FN2O+. The van der Waals surface area contributed by atoms with Gasteiger partial charge in [-0.15, -0.1) is 0 Å². The van der Waals surface area contributed by atoms with Gasteiger partial charge in [-0.25, -0.2) is 4.39 Å². The number of rotatable bonds is 8. The zero-order chi connectivity index (χ0) is 18.4. The number of nitrogens with one attached hydrogen (secondary N) is 1. The van der Waals surface area contributed by atoms with Crippen molar-refractivity contribution in [3.8, 4) is 0 Å². The molecule has 0 saturated heterocycles. The fraction of sp³-hybridized carbons (Fsp3) is 0.273. The highest BCUT2D eigenvalue weighted by Crippen LogP contribution is 2.09. The molecule has 2 aromatic carbocycles. The van der Waals surface area contributed by atoms with Crippen molar-refractivity contribution in [2.75, 3.05) is 6.54 Å². The van der Waals surface area contributed by atoms with Crippen molar-refractivity contribution >= 4 is 0 Å². The van der Waals surface area contributed by atoms with Crippen LogP contribution in [0.4, 0.5) is 4.39 Å². The molecule has 0 aliphatic heterocycles. The van der Waals surface area contributed by atoms with Gasteiger partial charge in [0.15, 0.2) is 0 Å². The minimum atomic E-state index is -0.361. The molecular weight excluding hydrogens is 327 g/mol. The van der Waals surface area contributed by atoms with Crippen LogP contribution in [0.5, 0.6) is 0 Å². The van der Waals surface area contributed by atoms with Crippen LogP contribution >= 0.6 is 0 Å². The van der Waals surface area contributed by atoms with Crippen LogP contribution in [0.15, 0.2) is 72.9 Å². The van der Waals surface area contributed by atoms with Crippen molar-refractivity contribution in [1.82, 2.24) is 4.57 Å². The quantitative estimate of drug-likeness (QED) is 0.641. The lowest BCUT2D eigenvalue weighted by Gasteiger charge is -2.22. The van der Waals surface area contributed by atoms with E-state index in [9.17, 15) is 9.50 Å². The Hall–Kier alpha value is -2.43. The van der Waals surface area contributed by atoms with E-state index < -0.39 is 0 Å². The fourth-order valence-electron chi connectivity index (χ4n) is 3.36. The number of hydrogen-bond acceptors (Lipinski definition) is 1. The lowest BCUT2D eigenvalue weighted by molar-refractivity contribution is -0.930. The van der Waals surface area contributed by atoms with E-state index >= 15 is 0 Å². The summed E-state index contributed by atoms with van der Waals surface area (Å²) in [5, 5.41) is 9.90. The minimum absolute atomic E-state index is 0.207. The molecule has 0 fully saturated rings. The highest BCUT2D eigenvalue weighted by Gasteiger charge is 2.16. The smallest absolute Gasteiger partial charge is 0.123 e. The summed E-state index contributed by atoms with van der Waals surface area (Å²) in [5.41, 5.74) is 3.38. The fourth-order valence-corrected chi connectivity index (χ4v) is 3.36.